The van der Waals surface area contributed by atoms with Crippen molar-refractivity contribution in [2.24, 2.45) is 5.41 Å². The van der Waals surface area contributed by atoms with E-state index in [2.05, 4.69) is 31.0 Å². The Morgan fingerprint density at radius 2 is 1.59 bits per heavy atom. The number of hydrogen-bond donors (Lipinski definition) is 1. The van der Waals surface area contributed by atoms with E-state index < -0.39 is 0 Å². The van der Waals surface area contributed by atoms with Crippen LogP contribution in [0.1, 0.15) is 59.3 Å². The molecular weight excluding hydrogens is 208 g/mol. The fourth-order valence-electron chi connectivity index (χ4n) is 3.60. The highest BCUT2D eigenvalue weighted by Gasteiger charge is 2.31. The lowest BCUT2D eigenvalue weighted by Gasteiger charge is -2.36. The van der Waals surface area contributed by atoms with Gasteiger partial charge in [-0.05, 0) is 58.0 Å². The van der Waals surface area contributed by atoms with E-state index in [1.165, 1.54) is 58.2 Å². The summed E-state index contributed by atoms with van der Waals surface area (Å²) in [6.07, 6.45) is 8.43. The molecule has 1 saturated carbocycles. The van der Waals surface area contributed by atoms with Crippen LogP contribution < -0.4 is 5.32 Å². The van der Waals surface area contributed by atoms with E-state index in [-0.39, 0.29) is 0 Å². The van der Waals surface area contributed by atoms with Gasteiger partial charge in [0.15, 0.2) is 0 Å². The highest BCUT2D eigenvalue weighted by atomic mass is 15.1. The first-order valence-electron chi connectivity index (χ1n) is 7.56. The van der Waals surface area contributed by atoms with Crippen LogP contribution in [0.2, 0.25) is 0 Å². The zero-order chi connectivity index (χ0) is 12.3. The smallest absolute Gasteiger partial charge is 0.00533 e. The highest BCUT2D eigenvalue weighted by molar-refractivity contribution is 4.85. The van der Waals surface area contributed by atoms with Crippen LogP contribution in [0.3, 0.4) is 0 Å². The van der Waals surface area contributed by atoms with Gasteiger partial charge in [0.2, 0.25) is 0 Å². The molecule has 2 unspecified atom stereocenters. The van der Waals surface area contributed by atoms with Crippen LogP contribution in [0.15, 0.2) is 0 Å². The van der Waals surface area contributed by atoms with Gasteiger partial charge in [-0.1, -0.05) is 19.8 Å². The highest BCUT2D eigenvalue weighted by Crippen LogP contribution is 2.38. The molecule has 0 spiro atoms. The molecule has 17 heavy (non-hydrogen) atoms. The van der Waals surface area contributed by atoms with Crippen LogP contribution in [-0.2, 0) is 0 Å². The van der Waals surface area contributed by atoms with Crippen LogP contribution in [-0.4, -0.2) is 36.6 Å². The molecule has 2 rings (SSSR count). The fourth-order valence-corrected chi connectivity index (χ4v) is 3.60. The molecule has 100 valence electrons. The summed E-state index contributed by atoms with van der Waals surface area (Å²) in [5.74, 6) is 0. The minimum atomic E-state index is 0.624. The fraction of sp³-hybridized carbons (Fsp3) is 1.00. The maximum absolute atomic E-state index is 3.68. The molecule has 2 heteroatoms. The van der Waals surface area contributed by atoms with Gasteiger partial charge in [0, 0.05) is 18.6 Å². The summed E-state index contributed by atoms with van der Waals surface area (Å²) in [6, 6.07) is 1.37. The maximum Gasteiger partial charge on any atom is 0.00533 e. The quantitative estimate of drug-likeness (QED) is 0.795. The second kappa shape index (κ2) is 5.71. The Bertz CT molecular complexity index is 221. The van der Waals surface area contributed by atoms with Crippen molar-refractivity contribution < 1.29 is 0 Å². The molecule has 2 aliphatic rings. The molecule has 1 heterocycles. The summed E-state index contributed by atoms with van der Waals surface area (Å²) in [5, 5.41) is 3.68. The molecule has 1 N–H and O–H groups in total. The van der Waals surface area contributed by atoms with Gasteiger partial charge in [0.1, 0.15) is 0 Å². The van der Waals surface area contributed by atoms with Crippen molar-refractivity contribution in [1.82, 2.24) is 10.2 Å². The topological polar surface area (TPSA) is 15.3 Å². The zero-order valence-corrected chi connectivity index (χ0v) is 12.0. The predicted octanol–water partition coefficient (Wildman–Crippen LogP) is 3.03. The minimum Gasteiger partial charge on any atom is -0.312 e. The molecule has 2 nitrogen and oxygen atoms in total. The van der Waals surface area contributed by atoms with Gasteiger partial charge >= 0.3 is 0 Å². The third-order valence-corrected chi connectivity index (χ3v) is 4.74. The van der Waals surface area contributed by atoms with Gasteiger partial charge in [-0.3, -0.25) is 0 Å². The third-order valence-electron chi connectivity index (χ3n) is 4.74. The average Bonchev–Trinajstić information content (AvgIpc) is 2.67. The molecule has 2 atom stereocenters. The van der Waals surface area contributed by atoms with Crippen molar-refractivity contribution in [1.29, 1.82) is 0 Å². The molecule has 0 aromatic heterocycles. The van der Waals surface area contributed by atoms with Crippen molar-refractivity contribution in [3.63, 3.8) is 0 Å². The minimum absolute atomic E-state index is 0.624. The number of rotatable bonds is 2. The molecule has 1 aliphatic heterocycles. The summed E-state index contributed by atoms with van der Waals surface area (Å²) < 4.78 is 0. The van der Waals surface area contributed by atoms with Crippen molar-refractivity contribution in [2.75, 3.05) is 19.6 Å². The van der Waals surface area contributed by atoms with Gasteiger partial charge < -0.3 is 10.2 Å². The Balaban J connectivity index is 1.86. The lowest BCUT2D eigenvalue weighted by molar-refractivity contribution is 0.144. The second-order valence-corrected chi connectivity index (χ2v) is 6.84. The Morgan fingerprint density at radius 1 is 1.06 bits per heavy atom. The van der Waals surface area contributed by atoms with Gasteiger partial charge in [-0.2, -0.15) is 0 Å². The molecule has 0 amide bonds. The molecular formula is C15H30N2. The van der Waals surface area contributed by atoms with Crippen molar-refractivity contribution in [2.45, 2.75) is 71.4 Å². The Hall–Kier alpha value is -0.0800. The van der Waals surface area contributed by atoms with Crippen LogP contribution in [0.4, 0.5) is 0 Å². The van der Waals surface area contributed by atoms with Gasteiger partial charge in [0.05, 0.1) is 0 Å². The standard InChI is InChI=1S/C15H30N2/c1-13-6-10-17(11-7-14(2)16-13)12-15(3)8-4-5-9-15/h13-14,16H,4-12H2,1-3H3. The lowest BCUT2D eigenvalue weighted by Crippen LogP contribution is -2.45. The Kier molecular flexibility index (Phi) is 4.48. The van der Waals surface area contributed by atoms with Crippen molar-refractivity contribution in [3.05, 3.63) is 0 Å². The van der Waals surface area contributed by atoms with Gasteiger partial charge in [0.25, 0.3) is 0 Å². The average molecular weight is 238 g/mol. The molecule has 0 radical (unpaired) electrons. The van der Waals surface area contributed by atoms with E-state index in [4.69, 9.17) is 0 Å². The van der Waals surface area contributed by atoms with Crippen molar-refractivity contribution in [3.8, 4) is 0 Å². The number of hydrogen-bond acceptors (Lipinski definition) is 2. The largest absolute Gasteiger partial charge is 0.312 e. The summed E-state index contributed by atoms with van der Waals surface area (Å²) in [7, 11) is 0. The molecule has 0 aromatic carbocycles. The summed E-state index contributed by atoms with van der Waals surface area (Å²) in [6.45, 7) is 11.1. The number of nitrogens with one attached hydrogen (secondary N) is 1. The SMILES string of the molecule is CC1CCN(CC2(C)CCCC2)CCC(C)N1. The summed E-state index contributed by atoms with van der Waals surface area (Å²) in [5.41, 5.74) is 0.624. The van der Waals surface area contributed by atoms with E-state index in [0.717, 1.165) is 0 Å². The predicted molar refractivity (Wildman–Crippen MR) is 74.3 cm³/mol. The van der Waals surface area contributed by atoms with E-state index >= 15 is 0 Å². The maximum atomic E-state index is 3.68. The van der Waals surface area contributed by atoms with Gasteiger partial charge in [-0.15, -0.1) is 0 Å². The van der Waals surface area contributed by atoms with E-state index in [1.54, 1.807) is 0 Å². The van der Waals surface area contributed by atoms with Crippen molar-refractivity contribution >= 4 is 0 Å². The Morgan fingerprint density at radius 3 is 2.12 bits per heavy atom. The normalized spacial score (nSPS) is 35.5. The first kappa shape index (κ1) is 13.4. The molecule has 1 aliphatic carbocycles. The van der Waals surface area contributed by atoms with Crippen LogP contribution in [0, 0.1) is 5.41 Å². The molecule has 0 aromatic rings. The van der Waals surface area contributed by atoms with Gasteiger partial charge in [-0.25, -0.2) is 0 Å². The number of nitrogens with zero attached hydrogens (tertiary/aromatic N) is 1. The van der Waals surface area contributed by atoms with E-state index in [9.17, 15) is 0 Å². The van der Waals surface area contributed by atoms with Crippen LogP contribution in [0.25, 0.3) is 0 Å². The first-order valence-corrected chi connectivity index (χ1v) is 7.56. The van der Waals surface area contributed by atoms with Crippen LogP contribution in [0.5, 0.6) is 0 Å². The Labute approximate surface area is 107 Å². The third kappa shape index (κ3) is 3.96. The second-order valence-electron chi connectivity index (χ2n) is 6.84. The summed E-state index contributed by atoms with van der Waals surface area (Å²) >= 11 is 0. The molecule has 1 saturated heterocycles. The molecule has 2 fully saturated rings. The molecule has 0 bridgehead atoms. The zero-order valence-electron chi connectivity index (χ0n) is 12.0. The van der Waals surface area contributed by atoms with E-state index in [0.29, 0.717) is 17.5 Å². The first-order chi connectivity index (χ1) is 8.07. The van der Waals surface area contributed by atoms with Crippen LogP contribution >= 0.6 is 0 Å². The lowest BCUT2D eigenvalue weighted by atomic mass is 9.88. The van der Waals surface area contributed by atoms with E-state index in [1.807, 2.05) is 0 Å². The monoisotopic (exact) mass is 238 g/mol. The summed E-state index contributed by atoms with van der Waals surface area (Å²) in [4.78, 5) is 2.74.